The van der Waals surface area contributed by atoms with Gasteiger partial charge in [-0.05, 0) is 72.0 Å². The number of fused-ring (bicyclic) bond motifs is 1. The van der Waals surface area contributed by atoms with Gasteiger partial charge in [0.15, 0.2) is 15.6 Å². The van der Waals surface area contributed by atoms with Crippen molar-refractivity contribution >= 4 is 45.0 Å². The number of nitro groups is 1. The van der Waals surface area contributed by atoms with Gasteiger partial charge in [-0.25, -0.2) is 8.42 Å². The minimum absolute atomic E-state index is 0.119. The fraction of sp³-hybridized carbons (Fsp3) is 0.129. The predicted molar refractivity (Wildman–Crippen MR) is 160 cm³/mol. The second-order valence-electron chi connectivity index (χ2n) is 9.61. The van der Waals surface area contributed by atoms with Crippen molar-refractivity contribution < 1.29 is 22.9 Å². The summed E-state index contributed by atoms with van der Waals surface area (Å²) in [4.78, 5) is 25.3. The molecule has 1 N–H and O–H groups in total. The Morgan fingerprint density at radius 2 is 1.68 bits per heavy atom. The second-order valence-corrected chi connectivity index (χ2v) is 12.7. The first-order chi connectivity index (χ1) is 19.6. The van der Waals surface area contributed by atoms with E-state index in [1.54, 1.807) is 18.2 Å². The summed E-state index contributed by atoms with van der Waals surface area (Å²) in [6.45, 7) is 3.95. The molecule has 0 fully saturated rings. The minimum atomic E-state index is -3.66. The number of rotatable bonds is 8. The van der Waals surface area contributed by atoms with E-state index in [4.69, 9.17) is 4.74 Å². The maximum absolute atomic E-state index is 13.2. The molecule has 0 aromatic heterocycles. The molecule has 0 radical (unpaired) electrons. The fourth-order valence-electron chi connectivity index (χ4n) is 4.46. The number of ether oxygens (including phenoxy) is 1. The molecule has 8 nitrogen and oxygen atoms in total. The van der Waals surface area contributed by atoms with Gasteiger partial charge in [0.1, 0.15) is 6.61 Å². The number of nitro benzene ring substituents is 1. The van der Waals surface area contributed by atoms with Gasteiger partial charge in [0.05, 0.1) is 26.2 Å². The number of benzene rings is 4. The SMILES string of the molecule is Cc1cccc(C)c1CS(=O)(=O)c1ccc2c(c1)NC(=O)C(=Cc1ccc(OCc3ccccc3)c([N+](=O)[O-])c1)S2. The van der Waals surface area contributed by atoms with Gasteiger partial charge in [-0.2, -0.15) is 0 Å². The molecule has 4 aromatic carbocycles. The highest BCUT2D eigenvalue weighted by molar-refractivity contribution is 8.04. The Labute approximate surface area is 242 Å². The molecule has 0 unspecified atom stereocenters. The lowest BCUT2D eigenvalue weighted by Gasteiger charge is -2.20. The summed E-state index contributed by atoms with van der Waals surface area (Å²) in [5.74, 6) is -0.444. The van der Waals surface area contributed by atoms with Crippen molar-refractivity contribution in [3.05, 3.63) is 128 Å². The average Bonchev–Trinajstić information content (AvgIpc) is 2.95. The predicted octanol–water partition coefficient (Wildman–Crippen LogP) is 6.85. The van der Waals surface area contributed by atoms with Crippen molar-refractivity contribution in [1.29, 1.82) is 0 Å². The molecular weight excluding hydrogens is 560 g/mol. The molecule has 0 atom stereocenters. The summed E-state index contributed by atoms with van der Waals surface area (Å²) in [6.07, 6.45) is 1.56. The largest absolute Gasteiger partial charge is 0.482 e. The van der Waals surface area contributed by atoms with Crippen molar-refractivity contribution in [3.63, 3.8) is 0 Å². The van der Waals surface area contributed by atoms with Crippen LogP contribution in [0.4, 0.5) is 11.4 Å². The van der Waals surface area contributed by atoms with Gasteiger partial charge in [0, 0.05) is 11.0 Å². The molecule has 0 bridgehead atoms. The molecule has 0 spiro atoms. The van der Waals surface area contributed by atoms with E-state index in [0.29, 0.717) is 21.1 Å². The number of thioether (sulfide) groups is 1. The molecule has 0 saturated carbocycles. The number of anilines is 1. The molecule has 1 aliphatic rings. The van der Waals surface area contributed by atoms with E-state index in [2.05, 4.69) is 5.32 Å². The summed E-state index contributed by atoms with van der Waals surface area (Å²) >= 11 is 1.17. The van der Waals surface area contributed by atoms with Crippen LogP contribution in [-0.4, -0.2) is 19.2 Å². The van der Waals surface area contributed by atoms with E-state index < -0.39 is 20.7 Å². The summed E-state index contributed by atoms with van der Waals surface area (Å²) in [5, 5.41) is 14.5. The van der Waals surface area contributed by atoms with Gasteiger partial charge in [-0.3, -0.25) is 14.9 Å². The first kappa shape index (κ1) is 28.1. The van der Waals surface area contributed by atoms with Crippen molar-refractivity contribution in [1.82, 2.24) is 0 Å². The zero-order chi connectivity index (χ0) is 29.1. The van der Waals surface area contributed by atoms with Crippen LogP contribution in [0.1, 0.15) is 27.8 Å². The van der Waals surface area contributed by atoms with Crippen LogP contribution in [-0.2, 0) is 27.0 Å². The van der Waals surface area contributed by atoms with E-state index >= 15 is 0 Å². The third-order valence-electron chi connectivity index (χ3n) is 6.70. The van der Waals surface area contributed by atoms with Crippen LogP contribution in [0.15, 0.2) is 99.6 Å². The monoisotopic (exact) mass is 586 g/mol. The number of amides is 1. The highest BCUT2D eigenvalue weighted by Crippen LogP contribution is 2.41. The summed E-state index contributed by atoms with van der Waals surface area (Å²) < 4.78 is 32.1. The zero-order valence-electron chi connectivity index (χ0n) is 22.3. The Morgan fingerprint density at radius 1 is 0.951 bits per heavy atom. The topological polar surface area (TPSA) is 116 Å². The average molecular weight is 587 g/mol. The molecule has 4 aromatic rings. The van der Waals surface area contributed by atoms with E-state index in [-0.39, 0.29) is 28.7 Å². The smallest absolute Gasteiger partial charge is 0.311 e. The lowest BCUT2D eigenvalue weighted by molar-refractivity contribution is -0.386. The Kier molecular flexibility index (Phi) is 7.96. The van der Waals surface area contributed by atoms with E-state index in [9.17, 15) is 23.3 Å². The molecule has 1 amide bonds. The van der Waals surface area contributed by atoms with Gasteiger partial charge in [-0.15, -0.1) is 0 Å². The minimum Gasteiger partial charge on any atom is -0.482 e. The van der Waals surface area contributed by atoms with Crippen molar-refractivity contribution in [2.75, 3.05) is 5.32 Å². The Balaban J connectivity index is 1.36. The highest BCUT2D eigenvalue weighted by Gasteiger charge is 2.25. The Morgan fingerprint density at radius 3 is 2.39 bits per heavy atom. The number of carbonyl (C=O) groups is 1. The van der Waals surface area contributed by atoms with Gasteiger partial charge < -0.3 is 10.1 Å². The Bertz CT molecular complexity index is 1780. The van der Waals surface area contributed by atoms with Crippen LogP contribution < -0.4 is 10.1 Å². The summed E-state index contributed by atoms with van der Waals surface area (Å²) in [7, 11) is -3.66. The number of hydrogen-bond acceptors (Lipinski definition) is 7. The van der Waals surface area contributed by atoms with Crippen LogP contribution in [0.2, 0.25) is 0 Å². The first-order valence-electron chi connectivity index (χ1n) is 12.7. The fourth-order valence-corrected chi connectivity index (χ4v) is 6.97. The molecule has 1 heterocycles. The normalized spacial score (nSPS) is 13.9. The van der Waals surface area contributed by atoms with Crippen LogP contribution in [0.3, 0.4) is 0 Å². The van der Waals surface area contributed by atoms with Crippen LogP contribution in [0.25, 0.3) is 6.08 Å². The molecule has 0 aliphatic carbocycles. The number of carbonyl (C=O) groups excluding carboxylic acids is 1. The summed E-state index contributed by atoms with van der Waals surface area (Å²) in [5.41, 5.74) is 4.09. The van der Waals surface area contributed by atoms with Crippen molar-refractivity contribution in [3.8, 4) is 5.75 Å². The maximum Gasteiger partial charge on any atom is 0.311 e. The molecule has 1 aliphatic heterocycles. The number of hydrogen-bond donors (Lipinski definition) is 1. The number of sulfone groups is 1. The van der Waals surface area contributed by atoms with Crippen LogP contribution in [0, 0.1) is 24.0 Å². The molecule has 0 saturated heterocycles. The zero-order valence-corrected chi connectivity index (χ0v) is 23.9. The van der Waals surface area contributed by atoms with Gasteiger partial charge in [-0.1, -0.05) is 66.4 Å². The molecular formula is C31H26N2O6S2. The lowest BCUT2D eigenvalue weighted by atomic mass is 10.1. The Hall–Kier alpha value is -4.41. The molecule has 5 rings (SSSR count). The third-order valence-corrected chi connectivity index (χ3v) is 9.44. The number of aryl methyl sites for hydroxylation is 2. The number of nitrogens with one attached hydrogen (secondary N) is 1. The van der Waals surface area contributed by atoms with Gasteiger partial charge in [0.25, 0.3) is 5.91 Å². The van der Waals surface area contributed by atoms with Crippen molar-refractivity contribution in [2.24, 2.45) is 0 Å². The lowest BCUT2D eigenvalue weighted by Crippen LogP contribution is -2.18. The molecule has 41 heavy (non-hydrogen) atoms. The summed E-state index contributed by atoms with van der Waals surface area (Å²) in [6, 6.07) is 24.2. The number of nitrogens with zero attached hydrogens (tertiary/aromatic N) is 1. The molecule has 208 valence electrons. The highest BCUT2D eigenvalue weighted by atomic mass is 32.2. The van der Waals surface area contributed by atoms with Gasteiger partial charge >= 0.3 is 5.69 Å². The molecule has 10 heteroatoms. The van der Waals surface area contributed by atoms with E-state index in [1.807, 2.05) is 62.4 Å². The quantitative estimate of drug-likeness (QED) is 0.136. The van der Waals surface area contributed by atoms with Crippen molar-refractivity contribution in [2.45, 2.75) is 36.0 Å². The first-order valence-corrected chi connectivity index (χ1v) is 15.2. The second kappa shape index (κ2) is 11.6. The van der Waals surface area contributed by atoms with Crippen LogP contribution >= 0.6 is 11.8 Å². The van der Waals surface area contributed by atoms with E-state index in [1.165, 1.54) is 36.0 Å². The standard InChI is InChI=1S/C31H26N2O6S2/c1-20-7-6-8-21(2)25(20)19-41(37,38)24-12-14-29-26(17-24)32-31(34)30(40-29)16-23-11-13-28(27(15-23)33(35)36)39-18-22-9-4-3-5-10-22/h3-17H,18-19H2,1-2H3,(H,32,34). The third kappa shape index (κ3) is 6.34. The van der Waals surface area contributed by atoms with Gasteiger partial charge in [0.2, 0.25) is 0 Å². The maximum atomic E-state index is 13.2. The van der Waals surface area contributed by atoms with E-state index in [0.717, 1.165) is 22.3 Å². The van der Waals surface area contributed by atoms with Crippen LogP contribution in [0.5, 0.6) is 5.75 Å².